The van der Waals surface area contributed by atoms with E-state index in [2.05, 4.69) is 10.3 Å². The lowest BCUT2D eigenvalue weighted by Gasteiger charge is -2.27. The molecule has 3 rings (SSSR count). The van der Waals surface area contributed by atoms with Crippen LogP contribution in [0.25, 0.3) is 0 Å². The predicted molar refractivity (Wildman–Crippen MR) is 138 cm³/mol. The number of aryl methyl sites for hydroxylation is 2. The highest BCUT2D eigenvalue weighted by Gasteiger charge is 2.51. The molecule has 1 fully saturated rings. The quantitative estimate of drug-likeness (QED) is 0.269. The Hall–Kier alpha value is -3.79. The van der Waals surface area contributed by atoms with Crippen molar-refractivity contribution in [1.29, 1.82) is 5.26 Å². The van der Waals surface area contributed by atoms with E-state index in [-0.39, 0.29) is 18.0 Å². The van der Waals surface area contributed by atoms with Crippen molar-refractivity contribution in [2.24, 2.45) is 0 Å². The molecule has 10 nitrogen and oxygen atoms in total. The first kappa shape index (κ1) is 30.7. The third-order valence-corrected chi connectivity index (χ3v) is 6.93. The molecule has 1 aliphatic rings. The summed E-state index contributed by atoms with van der Waals surface area (Å²) in [6.07, 6.45) is 2.70. The fraction of sp³-hybridized carbons (Fsp3) is 0.556. The molecule has 0 bridgehead atoms. The molecule has 13 heteroatoms. The Morgan fingerprint density at radius 3 is 2.45 bits per heavy atom. The Bertz CT molecular complexity index is 1270. The number of Topliss-reactive ketones (excluding diaryl/α,β-unsaturated/α-hetero) is 1. The number of aromatic nitrogens is 3. The summed E-state index contributed by atoms with van der Waals surface area (Å²) >= 11 is 0. The van der Waals surface area contributed by atoms with Crippen LogP contribution in [0, 0.1) is 11.3 Å². The van der Waals surface area contributed by atoms with E-state index >= 15 is 0 Å². The third-order valence-electron chi connectivity index (χ3n) is 6.93. The van der Waals surface area contributed by atoms with Crippen LogP contribution in [0.2, 0.25) is 0 Å². The number of aliphatic hydroxyl groups excluding tert-OH is 1. The predicted octanol–water partition coefficient (Wildman–Crippen LogP) is 4.25. The molecule has 1 aromatic heterocycles. The first-order chi connectivity index (χ1) is 18.9. The molecule has 1 aliphatic heterocycles. The minimum atomic E-state index is -4.81. The normalized spacial score (nSPS) is 15.1. The van der Waals surface area contributed by atoms with E-state index in [1.165, 1.54) is 17.0 Å². The topological polar surface area (TPSA) is 132 Å². The molecule has 0 aliphatic carbocycles. The van der Waals surface area contributed by atoms with Gasteiger partial charge in [0.2, 0.25) is 0 Å². The van der Waals surface area contributed by atoms with Gasteiger partial charge in [-0.05, 0) is 64.2 Å². The zero-order chi connectivity index (χ0) is 29.5. The van der Waals surface area contributed by atoms with Crippen LogP contribution in [0.3, 0.4) is 0 Å². The van der Waals surface area contributed by atoms with Gasteiger partial charge in [0, 0.05) is 25.7 Å². The molecule has 2 heterocycles. The van der Waals surface area contributed by atoms with Gasteiger partial charge in [-0.25, -0.2) is 9.69 Å². The SMILES string of the molecule is CC1(C)C(=O)N(c2ccc(C#N)c(C(F)(F)F)c2)C(=O)N1CCCCc1cn(CCCCCCC(=O)CO)nn1. The highest BCUT2D eigenvalue weighted by molar-refractivity contribution is 6.23. The van der Waals surface area contributed by atoms with Gasteiger partial charge in [0.05, 0.1) is 28.6 Å². The van der Waals surface area contributed by atoms with Crippen LogP contribution in [-0.4, -0.2) is 61.4 Å². The van der Waals surface area contributed by atoms with Crippen LogP contribution in [0.15, 0.2) is 24.4 Å². The van der Waals surface area contributed by atoms with Crippen molar-refractivity contribution < 1.29 is 32.7 Å². The Labute approximate surface area is 230 Å². The molecule has 0 radical (unpaired) electrons. The second kappa shape index (κ2) is 13.0. The third kappa shape index (κ3) is 7.24. The average Bonchev–Trinajstić information content (AvgIpc) is 3.42. The summed E-state index contributed by atoms with van der Waals surface area (Å²) in [5.74, 6) is -0.786. The lowest BCUT2D eigenvalue weighted by atomic mass is 10.0. The molecule has 0 unspecified atom stereocenters. The minimum Gasteiger partial charge on any atom is -0.389 e. The maximum Gasteiger partial charge on any atom is 0.417 e. The van der Waals surface area contributed by atoms with E-state index in [1.807, 2.05) is 6.20 Å². The standard InChI is InChI=1S/C27H33F3N6O4/c1-26(2)24(39)36(21-12-11-19(16-31)23(15-21)27(28,29)30)25(40)35(26)14-8-6-9-20-17-34(33-32-20)13-7-4-3-5-10-22(38)18-37/h11-12,15,17,37H,3-10,13-14,18H2,1-2H3. The van der Waals surface area contributed by atoms with E-state index in [4.69, 9.17) is 10.4 Å². The number of hydrogen-bond donors (Lipinski definition) is 1. The maximum absolute atomic E-state index is 13.4. The average molecular weight is 563 g/mol. The van der Waals surface area contributed by atoms with Crippen LogP contribution in [0.4, 0.5) is 23.7 Å². The number of aliphatic hydroxyl groups is 1. The van der Waals surface area contributed by atoms with Crippen molar-refractivity contribution in [3.05, 3.63) is 41.2 Å². The Morgan fingerprint density at radius 2 is 1.77 bits per heavy atom. The number of imide groups is 1. The Balaban J connectivity index is 1.51. The number of carbonyl (C=O) groups excluding carboxylic acids is 3. The van der Waals surface area contributed by atoms with Crippen LogP contribution >= 0.6 is 0 Å². The van der Waals surface area contributed by atoms with Gasteiger partial charge in [0.25, 0.3) is 5.91 Å². The number of ketones is 1. The van der Waals surface area contributed by atoms with Crippen molar-refractivity contribution in [1.82, 2.24) is 19.9 Å². The first-order valence-electron chi connectivity index (χ1n) is 13.2. The molecule has 2 aromatic rings. The van der Waals surface area contributed by atoms with Gasteiger partial charge >= 0.3 is 12.2 Å². The zero-order valence-corrected chi connectivity index (χ0v) is 22.6. The number of urea groups is 1. The van der Waals surface area contributed by atoms with E-state index in [1.54, 1.807) is 18.5 Å². The number of halogens is 3. The largest absolute Gasteiger partial charge is 0.417 e. The first-order valence-corrected chi connectivity index (χ1v) is 13.2. The number of alkyl halides is 3. The molecular formula is C27H33F3N6O4. The molecule has 0 saturated carbocycles. The minimum absolute atomic E-state index is 0.145. The monoisotopic (exact) mass is 562 g/mol. The molecule has 0 spiro atoms. The highest BCUT2D eigenvalue weighted by atomic mass is 19.4. The maximum atomic E-state index is 13.4. The summed E-state index contributed by atoms with van der Waals surface area (Å²) in [4.78, 5) is 39.4. The van der Waals surface area contributed by atoms with Gasteiger partial charge in [-0.3, -0.25) is 14.3 Å². The lowest BCUT2D eigenvalue weighted by molar-refractivity contribution is -0.137. The van der Waals surface area contributed by atoms with Gasteiger partial charge in [0.15, 0.2) is 5.78 Å². The number of unbranched alkanes of at least 4 members (excludes halogenated alkanes) is 4. The molecule has 40 heavy (non-hydrogen) atoms. The van der Waals surface area contributed by atoms with Crippen molar-refractivity contribution in [3.63, 3.8) is 0 Å². The summed E-state index contributed by atoms with van der Waals surface area (Å²) in [6.45, 7) is 3.62. The lowest BCUT2D eigenvalue weighted by Crippen LogP contribution is -2.44. The second-order valence-electron chi connectivity index (χ2n) is 10.3. The highest BCUT2D eigenvalue weighted by Crippen LogP contribution is 2.37. The molecule has 0 atom stereocenters. The Kier molecular flexibility index (Phi) is 10.0. The van der Waals surface area contributed by atoms with Crippen molar-refractivity contribution >= 4 is 23.4 Å². The van der Waals surface area contributed by atoms with E-state index in [9.17, 15) is 27.6 Å². The number of hydrogen-bond acceptors (Lipinski definition) is 7. The molecule has 1 saturated heterocycles. The second-order valence-corrected chi connectivity index (χ2v) is 10.3. The van der Waals surface area contributed by atoms with Gasteiger partial charge in [-0.15, -0.1) is 5.10 Å². The van der Waals surface area contributed by atoms with Crippen molar-refractivity contribution in [2.45, 2.75) is 83.5 Å². The van der Waals surface area contributed by atoms with Gasteiger partial charge in [-0.2, -0.15) is 18.4 Å². The van der Waals surface area contributed by atoms with Crippen LogP contribution in [-0.2, 0) is 28.7 Å². The molecule has 1 N–H and O–H groups in total. The number of nitriles is 1. The molecular weight excluding hydrogens is 529 g/mol. The summed E-state index contributed by atoms with van der Waals surface area (Å²) in [5, 5.41) is 26.0. The molecule has 216 valence electrons. The van der Waals surface area contributed by atoms with Gasteiger partial charge < -0.3 is 10.0 Å². The van der Waals surface area contributed by atoms with Crippen LogP contribution < -0.4 is 4.90 Å². The van der Waals surface area contributed by atoms with E-state index in [0.29, 0.717) is 38.3 Å². The number of benzene rings is 1. The molecule has 1 aromatic carbocycles. The zero-order valence-electron chi connectivity index (χ0n) is 22.6. The number of carbonyl (C=O) groups is 3. The number of rotatable bonds is 14. The van der Waals surface area contributed by atoms with Crippen LogP contribution in [0.1, 0.15) is 75.6 Å². The number of anilines is 1. The summed E-state index contributed by atoms with van der Waals surface area (Å²) in [5.41, 5.74) is -2.48. The Morgan fingerprint density at radius 1 is 1.07 bits per heavy atom. The van der Waals surface area contributed by atoms with Crippen molar-refractivity contribution in [3.8, 4) is 6.07 Å². The fourth-order valence-corrected chi connectivity index (χ4v) is 4.61. The summed E-state index contributed by atoms with van der Waals surface area (Å²) < 4.78 is 42.1. The van der Waals surface area contributed by atoms with Gasteiger partial charge in [-0.1, -0.05) is 18.1 Å². The molecule has 3 amide bonds. The fourth-order valence-electron chi connectivity index (χ4n) is 4.61. The van der Waals surface area contributed by atoms with E-state index in [0.717, 1.165) is 42.3 Å². The number of nitrogens with zero attached hydrogens (tertiary/aromatic N) is 6. The van der Waals surface area contributed by atoms with Crippen LogP contribution in [0.5, 0.6) is 0 Å². The van der Waals surface area contributed by atoms with Gasteiger partial charge in [0.1, 0.15) is 12.1 Å². The summed E-state index contributed by atoms with van der Waals surface area (Å²) in [7, 11) is 0. The summed E-state index contributed by atoms with van der Waals surface area (Å²) in [6, 6.07) is 3.58. The van der Waals surface area contributed by atoms with Crippen molar-refractivity contribution in [2.75, 3.05) is 18.1 Å². The number of amides is 3. The van der Waals surface area contributed by atoms with E-state index < -0.39 is 41.4 Å². The smallest absolute Gasteiger partial charge is 0.389 e.